The topological polar surface area (TPSA) is 77.0 Å². The van der Waals surface area contributed by atoms with Gasteiger partial charge in [-0.2, -0.15) is 0 Å². The quantitative estimate of drug-likeness (QED) is 0.900. The van der Waals surface area contributed by atoms with Gasteiger partial charge in [-0.25, -0.2) is 4.99 Å². The SMILES string of the molecule is COc1cc(C2=Nc3cnccc3NN2)cc(OC)c1OC. The third kappa shape index (κ3) is 2.37. The Kier molecular flexibility index (Phi) is 3.69. The normalized spacial score (nSPS) is 12.4. The fourth-order valence-electron chi connectivity index (χ4n) is 2.21. The van der Waals surface area contributed by atoms with Gasteiger partial charge in [0.1, 0.15) is 5.69 Å². The van der Waals surface area contributed by atoms with E-state index in [-0.39, 0.29) is 0 Å². The standard InChI is InChI=1S/C15H16N4O3/c1-20-12-6-9(7-13(21-2)14(12)22-3)15-17-11-8-16-5-4-10(11)18-19-15/h4-8,18H,1-3H3,(H,17,19). The number of pyridine rings is 1. The fraction of sp³-hybridized carbons (Fsp3) is 0.200. The summed E-state index contributed by atoms with van der Waals surface area (Å²) in [5, 5.41) is 0. The van der Waals surface area contributed by atoms with Gasteiger partial charge in [-0.15, -0.1) is 0 Å². The van der Waals surface area contributed by atoms with Crippen LogP contribution in [0.5, 0.6) is 17.2 Å². The largest absolute Gasteiger partial charge is 0.493 e. The third-order valence-corrected chi connectivity index (χ3v) is 3.29. The number of fused-ring (bicyclic) bond motifs is 1. The summed E-state index contributed by atoms with van der Waals surface area (Å²) < 4.78 is 16.0. The molecule has 0 spiro atoms. The van der Waals surface area contributed by atoms with Crippen LogP contribution in [-0.2, 0) is 0 Å². The second-order valence-corrected chi connectivity index (χ2v) is 4.52. The minimum Gasteiger partial charge on any atom is -0.493 e. The predicted octanol–water partition coefficient (Wildman–Crippen LogP) is 2.12. The number of rotatable bonds is 4. The lowest BCUT2D eigenvalue weighted by Gasteiger charge is -2.20. The molecule has 0 radical (unpaired) electrons. The summed E-state index contributed by atoms with van der Waals surface area (Å²) in [6.07, 6.45) is 3.40. The number of hydrogen-bond acceptors (Lipinski definition) is 7. The van der Waals surface area contributed by atoms with E-state index >= 15 is 0 Å². The number of methoxy groups -OCH3 is 3. The maximum Gasteiger partial charge on any atom is 0.203 e. The van der Waals surface area contributed by atoms with Crippen molar-refractivity contribution in [2.75, 3.05) is 26.8 Å². The molecule has 1 aliphatic rings. The van der Waals surface area contributed by atoms with Crippen molar-refractivity contribution in [3.63, 3.8) is 0 Å². The molecule has 1 aromatic heterocycles. The number of aliphatic imine (C=N–C) groups is 1. The van der Waals surface area contributed by atoms with Gasteiger partial charge in [0.15, 0.2) is 17.3 Å². The Morgan fingerprint density at radius 1 is 0.955 bits per heavy atom. The van der Waals surface area contributed by atoms with E-state index < -0.39 is 0 Å². The molecule has 0 fully saturated rings. The number of benzene rings is 1. The summed E-state index contributed by atoms with van der Waals surface area (Å²) in [4.78, 5) is 8.63. The zero-order valence-corrected chi connectivity index (χ0v) is 12.5. The second kappa shape index (κ2) is 5.80. The van der Waals surface area contributed by atoms with Crippen LogP contribution in [0.3, 0.4) is 0 Å². The molecule has 2 aromatic rings. The van der Waals surface area contributed by atoms with Gasteiger partial charge in [-0.1, -0.05) is 0 Å². The van der Waals surface area contributed by atoms with Crippen LogP contribution >= 0.6 is 0 Å². The molecule has 2 N–H and O–H groups in total. The molecule has 0 saturated carbocycles. The minimum absolute atomic E-state index is 0.542. The molecule has 0 amide bonds. The summed E-state index contributed by atoms with van der Waals surface area (Å²) >= 11 is 0. The molecule has 114 valence electrons. The van der Waals surface area contributed by atoms with Crippen LogP contribution in [0.25, 0.3) is 0 Å². The van der Waals surface area contributed by atoms with Crippen molar-refractivity contribution in [1.29, 1.82) is 0 Å². The van der Waals surface area contributed by atoms with E-state index in [1.807, 2.05) is 18.2 Å². The van der Waals surface area contributed by atoms with Crippen molar-refractivity contribution in [1.82, 2.24) is 10.4 Å². The Morgan fingerprint density at radius 2 is 1.68 bits per heavy atom. The van der Waals surface area contributed by atoms with E-state index in [0.717, 1.165) is 16.9 Å². The molecule has 3 rings (SSSR count). The van der Waals surface area contributed by atoms with Crippen LogP contribution in [0.2, 0.25) is 0 Å². The third-order valence-electron chi connectivity index (χ3n) is 3.29. The molecule has 2 heterocycles. The van der Waals surface area contributed by atoms with E-state index in [4.69, 9.17) is 14.2 Å². The fourth-order valence-corrected chi connectivity index (χ4v) is 2.21. The summed E-state index contributed by atoms with van der Waals surface area (Å²) in [6, 6.07) is 5.50. The summed E-state index contributed by atoms with van der Waals surface area (Å²) in [6.45, 7) is 0. The van der Waals surface area contributed by atoms with Crippen molar-refractivity contribution in [3.05, 3.63) is 36.2 Å². The lowest BCUT2D eigenvalue weighted by Crippen LogP contribution is -2.32. The highest BCUT2D eigenvalue weighted by Crippen LogP contribution is 2.38. The second-order valence-electron chi connectivity index (χ2n) is 4.52. The first-order chi connectivity index (χ1) is 10.8. The van der Waals surface area contributed by atoms with Crippen LogP contribution < -0.4 is 25.1 Å². The Labute approximate surface area is 127 Å². The van der Waals surface area contributed by atoms with Gasteiger partial charge in [-0.05, 0) is 18.2 Å². The number of hydrazine groups is 1. The van der Waals surface area contributed by atoms with Crippen LogP contribution in [0, 0.1) is 0 Å². The van der Waals surface area contributed by atoms with Crippen LogP contribution in [0.4, 0.5) is 11.4 Å². The van der Waals surface area contributed by atoms with Gasteiger partial charge in [0.05, 0.1) is 33.2 Å². The lowest BCUT2D eigenvalue weighted by atomic mass is 10.1. The van der Waals surface area contributed by atoms with E-state index in [2.05, 4.69) is 20.8 Å². The first kappa shape index (κ1) is 14.0. The molecule has 0 unspecified atom stereocenters. The monoisotopic (exact) mass is 300 g/mol. The summed E-state index contributed by atoms with van der Waals surface area (Å²) in [5.41, 5.74) is 8.56. The molecular weight excluding hydrogens is 284 g/mol. The van der Waals surface area contributed by atoms with Crippen molar-refractivity contribution < 1.29 is 14.2 Å². The minimum atomic E-state index is 0.542. The number of nitrogens with one attached hydrogen (secondary N) is 2. The molecule has 0 saturated heterocycles. The number of hydrogen-bond donors (Lipinski definition) is 2. The van der Waals surface area contributed by atoms with Gasteiger partial charge in [0, 0.05) is 11.8 Å². The summed E-state index contributed by atoms with van der Waals surface area (Å²) in [7, 11) is 4.73. The average molecular weight is 300 g/mol. The van der Waals surface area contributed by atoms with Gasteiger partial charge < -0.3 is 14.2 Å². The number of amidine groups is 1. The van der Waals surface area contributed by atoms with Crippen molar-refractivity contribution in [3.8, 4) is 17.2 Å². The Hall–Kier alpha value is -2.96. The maximum absolute atomic E-state index is 5.36. The van der Waals surface area contributed by atoms with E-state index in [9.17, 15) is 0 Å². The van der Waals surface area contributed by atoms with Gasteiger partial charge in [0.2, 0.25) is 5.75 Å². The Balaban J connectivity index is 2.08. The van der Waals surface area contributed by atoms with Gasteiger partial charge >= 0.3 is 0 Å². The number of ether oxygens (including phenoxy) is 3. The van der Waals surface area contributed by atoms with Gasteiger partial charge in [0.25, 0.3) is 0 Å². The van der Waals surface area contributed by atoms with E-state index in [1.54, 1.807) is 33.7 Å². The molecule has 0 atom stereocenters. The van der Waals surface area contributed by atoms with E-state index in [1.165, 1.54) is 0 Å². The van der Waals surface area contributed by atoms with Crippen molar-refractivity contribution in [2.45, 2.75) is 0 Å². The highest BCUT2D eigenvalue weighted by atomic mass is 16.5. The molecule has 1 aliphatic heterocycles. The number of anilines is 1. The predicted molar refractivity (Wildman–Crippen MR) is 83.3 cm³/mol. The van der Waals surface area contributed by atoms with Crippen molar-refractivity contribution >= 4 is 17.2 Å². The average Bonchev–Trinajstić information content (AvgIpc) is 2.59. The molecular formula is C15H16N4O3. The van der Waals surface area contributed by atoms with Crippen molar-refractivity contribution in [2.24, 2.45) is 4.99 Å². The maximum atomic E-state index is 5.36. The molecule has 0 aliphatic carbocycles. The zero-order valence-electron chi connectivity index (χ0n) is 12.5. The van der Waals surface area contributed by atoms with Crippen LogP contribution in [0.15, 0.2) is 35.6 Å². The molecule has 7 heteroatoms. The first-order valence-electron chi connectivity index (χ1n) is 6.62. The molecule has 7 nitrogen and oxygen atoms in total. The number of aromatic nitrogens is 1. The Morgan fingerprint density at radius 3 is 2.32 bits per heavy atom. The molecule has 0 bridgehead atoms. The van der Waals surface area contributed by atoms with Crippen LogP contribution in [-0.4, -0.2) is 32.1 Å². The summed E-state index contributed by atoms with van der Waals surface area (Å²) in [5.74, 6) is 2.32. The lowest BCUT2D eigenvalue weighted by molar-refractivity contribution is 0.324. The number of nitrogens with zero attached hydrogens (tertiary/aromatic N) is 2. The van der Waals surface area contributed by atoms with E-state index in [0.29, 0.717) is 23.1 Å². The Bertz CT molecular complexity index is 705. The van der Waals surface area contributed by atoms with Crippen LogP contribution in [0.1, 0.15) is 5.56 Å². The highest BCUT2D eigenvalue weighted by molar-refractivity contribution is 6.04. The molecule has 1 aromatic carbocycles. The zero-order chi connectivity index (χ0) is 15.5. The van der Waals surface area contributed by atoms with Gasteiger partial charge in [-0.3, -0.25) is 15.8 Å². The first-order valence-corrected chi connectivity index (χ1v) is 6.62. The highest BCUT2D eigenvalue weighted by Gasteiger charge is 2.18. The molecule has 22 heavy (non-hydrogen) atoms. The smallest absolute Gasteiger partial charge is 0.203 e.